The van der Waals surface area contributed by atoms with E-state index in [0.29, 0.717) is 5.75 Å². The lowest BCUT2D eigenvalue weighted by Gasteiger charge is -2.01. The second kappa shape index (κ2) is 6.72. The van der Waals surface area contributed by atoms with Crippen molar-refractivity contribution in [3.63, 3.8) is 0 Å². The predicted octanol–water partition coefficient (Wildman–Crippen LogP) is 1.77. The van der Waals surface area contributed by atoms with Crippen LogP contribution in [0.3, 0.4) is 0 Å². The Labute approximate surface area is 75.3 Å². The number of carbonyl (C=O) groups excluding carboxylic acids is 2. The maximum Gasteiger partial charge on any atom is 0.414 e. The number of imide groups is 1. The van der Waals surface area contributed by atoms with E-state index in [-0.39, 0.29) is 6.61 Å². The van der Waals surface area contributed by atoms with E-state index in [1.807, 2.05) is 5.32 Å². The van der Waals surface area contributed by atoms with Gasteiger partial charge in [0.15, 0.2) is 0 Å². The molecule has 5 heteroatoms. The molecule has 2 amide bonds. The molecule has 0 spiro atoms. The standard InChI is InChI=1S/C7H11NO3S/c1-3-5-12-7(10)8-6(9)11-4-2/h3H,1,4-5H2,2H3,(H,8,9,10). The summed E-state index contributed by atoms with van der Waals surface area (Å²) in [5.41, 5.74) is 0. The average Bonchev–Trinajstić information content (AvgIpc) is 2.01. The Hall–Kier alpha value is -0.970. The molecule has 4 nitrogen and oxygen atoms in total. The van der Waals surface area contributed by atoms with Crippen molar-refractivity contribution in [1.82, 2.24) is 5.32 Å². The zero-order chi connectivity index (χ0) is 9.40. The molecule has 0 atom stereocenters. The first-order valence-electron chi connectivity index (χ1n) is 3.42. The maximum atomic E-state index is 10.8. The molecule has 0 radical (unpaired) electrons. The number of nitrogens with one attached hydrogen (secondary N) is 1. The fourth-order valence-electron chi connectivity index (χ4n) is 0.421. The number of hydrogen-bond acceptors (Lipinski definition) is 4. The van der Waals surface area contributed by atoms with Crippen LogP contribution in [-0.2, 0) is 4.74 Å². The molecule has 12 heavy (non-hydrogen) atoms. The molecular formula is C7H11NO3S. The minimum absolute atomic E-state index is 0.255. The Morgan fingerprint density at radius 1 is 1.67 bits per heavy atom. The van der Waals surface area contributed by atoms with Gasteiger partial charge in [0, 0.05) is 5.75 Å². The van der Waals surface area contributed by atoms with Crippen molar-refractivity contribution < 1.29 is 14.3 Å². The van der Waals surface area contributed by atoms with Crippen LogP contribution in [0.1, 0.15) is 6.92 Å². The quantitative estimate of drug-likeness (QED) is 0.687. The van der Waals surface area contributed by atoms with E-state index in [1.54, 1.807) is 13.0 Å². The van der Waals surface area contributed by atoms with Gasteiger partial charge in [-0.2, -0.15) is 0 Å². The van der Waals surface area contributed by atoms with Gasteiger partial charge in [-0.1, -0.05) is 17.8 Å². The summed E-state index contributed by atoms with van der Waals surface area (Å²) >= 11 is 0.962. The van der Waals surface area contributed by atoms with Crippen LogP contribution in [-0.4, -0.2) is 23.7 Å². The van der Waals surface area contributed by atoms with Crippen molar-refractivity contribution in [2.45, 2.75) is 6.92 Å². The molecule has 0 aliphatic heterocycles. The predicted molar refractivity (Wildman–Crippen MR) is 48.2 cm³/mol. The first-order chi connectivity index (χ1) is 5.70. The molecule has 0 aromatic rings. The number of amides is 2. The Kier molecular flexibility index (Phi) is 6.18. The molecule has 0 aromatic carbocycles. The number of carbonyl (C=O) groups is 2. The lowest BCUT2D eigenvalue weighted by Crippen LogP contribution is -2.27. The third-order valence-corrected chi connectivity index (χ3v) is 1.58. The number of ether oxygens (including phenoxy) is 1. The Bertz CT molecular complexity index is 181. The van der Waals surface area contributed by atoms with Crippen LogP contribution in [0.15, 0.2) is 12.7 Å². The van der Waals surface area contributed by atoms with Gasteiger partial charge in [-0.05, 0) is 6.92 Å². The highest BCUT2D eigenvalue weighted by molar-refractivity contribution is 8.13. The second-order valence-corrected chi connectivity index (χ2v) is 2.73. The van der Waals surface area contributed by atoms with E-state index in [0.717, 1.165) is 11.8 Å². The van der Waals surface area contributed by atoms with Gasteiger partial charge in [0.05, 0.1) is 6.61 Å². The molecular weight excluding hydrogens is 178 g/mol. The minimum Gasteiger partial charge on any atom is -0.450 e. The summed E-state index contributed by atoms with van der Waals surface area (Å²) in [5.74, 6) is 0.477. The molecule has 0 aliphatic carbocycles. The highest BCUT2D eigenvalue weighted by Gasteiger charge is 2.06. The maximum absolute atomic E-state index is 10.8. The molecule has 0 fully saturated rings. The summed E-state index contributed by atoms with van der Waals surface area (Å²) in [7, 11) is 0. The highest BCUT2D eigenvalue weighted by atomic mass is 32.2. The van der Waals surface area contributed by atoms with Gasteiger partial charge in [0.1, 0.15) is 0 Å². The fraction of sp³-hybridized carbons (Fsp3) is 0.429. The molecule has 0 saturated carbocycles. The van der Waals surface area contributed by atoms with E-state index >= 15 is 0 Å². The number of hydrogen-bond donors (Lipinski definition) is 1. The van der Waals surface area contributed by atoms with Gasteiger partial charge in [0.2, 0.25) is 0 Å². The third kappa shape index (κ3) is 5.79. The molecule has 0 rings (SSSR count). The van der Waals surface area contributed by atoms with E-state index in [2.05, 4.69) is 11.3 Å². The number of alkyl carbamates (subject to hydrolysis) is 1. The molecule has 0 saturated heterocycles. The molecule has 0 bridgehead atoms. The molecule has 0 aliphatic rings. The third-order valence-electron chi connectivity index (χ3n) is 0.812. The SMILES string of the molecule is C=CCSC(=O)NC(=O)OCC. The van der Waals surface area contributed by atoms with E-state index in [4.69, 9.17) is 0 Å². The van der Waals surface area contributed by atoms with Crippen LogP contribution >= 0.6 is 11.8 Å². The van der Waals surface area contributed by atoms with Crippen LogP contribution in [0.4, 0.5) is 9.59 Å². The minimum atomic E-state index is -0.709. The summed E-state index contributed by atoms with van der Waals surface area (Å²) in [5, 5.41) is 1.61. The smallest absolute Gasteiger partial charge is 0.414 e. The molecule has 0 unspecified atom stereocenters. The van der Waals surface area contributed by atoms with Gasteiger partial charge < -0.3 is 4.74 Å². The fourth-order valence-corrected chi connectivity index (χ4v) is 0.846. The van der Waals surface area contributed by atoms with Crippen LogP contribution in [0.2, 0.25) is 0 Å². The monoisotopic (exact) mass is 189 g/mol. The van der Waals surface area contributed by atoms with Crippen molar-refractivity contribution in [1.29, 1.82) is 0 Å². The van der Waals surface area contributed by atoms with Crippen molar-refractivity contribution in [2.75, 3.05) is 12.4 Å². The van der Waals surface area contributed by atoms with Crippen molar-refractivity contribution in [2.24, 2.45) is 0 Å². The summed E-state index contributed by atoms with van der Waals surface area (Å²) in [6.45, 7) is 5.35. The molecule has 0 heterocycles. The average molecular weight is 189 g/mol. The van der Waals surface area contributed by atoms with E-state index in [9.17, 15) is 9.59 Å². The van der Waals surface area contributed by atoms with Gasteiger partial charge in [0.25, 0.3) is 5.24 Å². The van der Waals surface area contributed by atoms with Crippen molar-refractivity contribution >= 4 is 23.1 Å². The number of rotatable bonds is 3. The second-order valence-electron chi connectivity index (χ2n) is 1.73. The van der Waals surface area contributed by atoms with Gasteiger partial charge in [-0.15, -0.1) is 6.58 Å². The van der Waals surface area contributed by atoms with Crippen LogP contribution < -0.4 is 5.32 Å². The normalized spacial score (nSPS) is 8.75. The topological polar surface area (TPSA) is 55.4 Å². The van der Waals surface area contributed by atoms with Crippen molar-refractivity contribution in [3.8, 4) is 0 Å². The summed E-state index contributed by atoms with van der Waals surface area (Å²) in [6, 6.07) is 0. The number of thioether (sulfide) groups is 1. The summed E-state index contributed by atoms with van der Waals surface area (Å²) in [4.78, 5) is 21.4. The molecule has 0 aromatic heterocycles. The van der Waals surface area contributed by atoms with Gasteiger partial charge in [-0.3, -0.25) is 10.1 Å². The Morgan fingerprint density at radius 3 is 2.83 bits per heavy atom. The first-order valence-corrected chi connectivity index (χ1v) is 4.40. The van der Waals surface area contributed by atoms with Crippen molar-refractivity contribution in [3.05, 3.63) is 12.7 Å². The largest absolute Gasteiger partial charge is 0.450 e. The molecule has 1 N–H and O–H groups in total. The Balaban J connectivity index is 3.54. The first kappa shape index (κ1) is 11.0. The highest BCUT2D eigenvalue weighted by Crippen LogP contribution is 2.00. The van der Waals surface area contributed by atoms with Gasteiger partial charge >= 0.3 is 6.09 Å². The molecule has 68 valence electrons. The zero-order valence-electron chi connectivity index (χ0n) is 6.83. The summed E-state index contributed by atoms with van der Waals surface area (Å²) in [6.07, 6.45) is 0.870. The summed E-state index contributed by atoms with van der Waals surface area (Å²) < 4.78 is 4.48. The Morgan fingerprint density at radius 2 is 2.33 bits per heavy atom. The van der Waals surface area contributed by atoms with Crippen LogP contribution in [0.5, 0.6) is 0 Å². The van der Waals surface area contributed by atoms with E-state index < -0.39 is 11.3 Å². The zero-order valence-corrected chi connectivity index (χ0v) is 7.65. The lowest BCUT2D eigenvalue weighted by atomic mass is 10.8. The van der Waals surface area contributed by atoms with Crippen LogP contribution in [0.25, 0.3) is 0 Å². The van der Waals surface area contributed by atoms with Crippen LogP contribution in [0, 0.1) is 0 Å². The van der Waals surface area contributed by atoms with Gasteiger partial charge in [-0.25, -0.2) is 4.79 Å². The lowest BCUT2D eigenvalue weighted by molar-refractivity contribution is 0.155. The van der Waals surface area contributed by atoms with E-state index in [1.165, 1.54) is 0 Å².